The number of piperidine rings is 1. The number of likely N-dealkylation sites (tertiary alicyclic amines) is 1. The van der Waals surface area contributed by atoms with E-state index in [1.54, 1.807) is 0 Å². The molecule has 3 heterocycles. The van der Waals surface area contributed by atoms with Gasteiger partial charge >= 0.3 is 0 Å². The lowest BCUT2D eigenvalue weighted by Gasteiger charge is -2.41. The smallest absolute Gasteiger partial charge is 0.226 e. The first-order chi connectivity index (χ1) is 17.5. The Hall–Kier alpha value is -3.12. The number of carbonyl (C=O) groups excluding carboxylic acids is 1. The van der Waals surface area contributed by atoms with Crippen LogP contribution in [0.4, 0.5) is 0 Å². The highest BCUT2D eigenvalue weighted by molar-refractivity contribution is 5.83. The molecule has 1 amide bonds. The molecule has 0 radical (unpaired) electrons. The molecule has 1 aromatic heterocycles. The third kappa shape index (κ3) is 5.49. The Labute approximate surface area is 214 Å². The summed E-state index contributed by atoms with van der Waals surface area (Å²) in [4.78, 5) is 20.3. The van der Waals surface area contributed by atoms with Crippen LogP contribution in [0.5, 0.6) is 5.75 Å². The van der Waals surface area contributed by atoms with E-state index in [1.165, 1.54) is 11.1 Å². The van der Waals surface area contributed by atoms with Crippen molar-refractivity contribution in [3.8, 4) is 11.4 Å². The third-order valence-corrected chi connectivity index (χ3v) is 7.93. The van der Waals surface area contributed by atoms with E-state index in [2.05, 4.69) is 56.2 Å². The molecule has 2 aromatic carbocycles. The van der Waals surface area contributed by atoms with Gasteiger partial charge in [0.1, 0.15) is 18.2 Å². The minimum absolute atomic E-state index is 0.0162. The molecular weight excluding hydrogens is 448 g/mol. The van der Waals surface area contributed by atoms with Crippen molar-refractivity contribution in [3.05, 3.63) is 77.9 Å². The lowest BCUT2D eigenvalue weighted by Crippen LogP contribution is -2.51. The highest BCUT2D eigenvalue weighted by Gasteiger charge is 2.41. The number of hydrogen-bond acceptors (Lipinski definition) is 4. The van der Waals surface area contributed by atoms with Crippen molar-refractivity contribution in [3.63, 3.8) is 0 Å². The number of benzene rings is 2. The molecule has 3 aromatic rings. The Kier molecular flexibility index (Phi) is 7.42. The van der Waals surface area contributed by atoms with Gasteiger partial charge in [-0.25, -0.2) is 4.98 Å². The van der Waals surface area contributed by atoms with Gasteiger partial charge in [0.05, 0.1) is 11.5 Å². The van der Waals surface area contributed by atoms with Gasteiger partial charge in [-0.3, -0.25) is 9.69 Å². The van der Waals surface area contributed by atoms with E-state index >= 15 is 0 Å². The fourth-order valence-corrected chi connectivity index (χ4v) is 5.66. The molecule has 5 rings (SSSR count). The number of aromatic nitrogens is 2. The predicted molar refractivity (Wildman–Crippen MR) is 142 cm³/mol. The number of rotatable bonds is 3. The zero-order chi connectivity index (χ0) is 25.0. The number of amides is 1. The number of aryl methyl sites for hydroxylation is 2. The van der Waals surface area contributed by atoms with Gasteiger partial charge in [-0.15, -0.1) is 0 Å². The van der Waals surface area contributed by atoms with Crippen LogP contribution in [0.3, 0.4) is 0 Å². The quantitative estimate of drug-likeness (QED) is 0.561. The standard InChI is InChI=1S/C30H38N4O2/c1-23-22-36-28-9-4-3-7-26(28)8-5-6-14-30(29(35)32-23)15-18-33(19-16-30)21-25-10-12-27(13-11-25)34-20-17-31-24(34)2/h3-4,7,9-13,17,20,23H,5-6,8,14-16,18-19,21-22H2,1-2H3,(H,32,35)/t23-/m1/s1. The minimum atomic E-state index is -0.272. The maximum Gasteiger partial charge on any atom is 0.226 e. The molecule has 1 N–H and O–H groups in total. The third-order valence-electron chi connectivity index (χ3n) is 7.93. The molecule has 190 valence electrons. The number of nitrogens with one attached hydrogen (secondary N) is 1. The molecule has 0 bridgehead atoms. The summed E-state index contributed by atoms with van der Waals surface area (Å²) in [5.74, 6) is 2.16. The van der Waals surface area contributed by atoms with E-state index in [0.29, 0.717) is 6.61 Å². The molecule has 6 heteroatoms. The Morgan fingerprint density at radius 1 is 1.06 bits per heavy atom. The lowest BCUT2D eigenvalue weighted by atomic mass is 9.73. The van der Waals surface area contributed by atoms with Crippen molar-refractivity contribution in [1.82, 2.24) is 19.8 Å². The minimum Gasteiger partial charge on any atom is -0.491 e. The average Bonchev–Trinajstić information content (AvgIpc) is 3.32. The van der Waals surface area contributed by atoms with Crippen molar-refractivity contribution in [2.45, 2.75) is 65.0 Å². The van der Waals surface area contributed by atoms with E-state index in [9.17, 15) is 4.79 Å². The van der Waals surface area contributed by atoms with Gasteiger partial charge < -0.3 is 14.6 Å². The van der Waals surface area contributed by atoms with Crippen molar-refractivity contribution in [2.75, 3.05) is 19.7 Å². The summed E-state index contributed by atoms with van der Waals surface area (Å²) in [6.45, 7) is 7.38. The van der Waals surface area contributed by atoms with Gasteiger partial charge in [-0.2, -0.15) is 0 Å². The zero-order valence-corrected chi connectivity index (χ0v) is 21.6. The van der Waals surface area contributed by atoms with Gasteiger partial charge in [0.15, 0.2) is 0 Å². The Balaban J connectivity index is 1.21. The van der Waals surface area contributed by atoms with Crippen LogP contribution in [0.25, 0.3) is 5.69 Å². The van der Waals surface area contributed by atoms with Gasteiger partial charge in [0.2, 0.25) is 5.91 Å². The summed E-state index contributed by atoms with van der Waals surface area (Å²) in [5.41, 5.74) is 3.44. The fourth-order valence-electron chi connectivity index (χ4n) is 5.66. The summed E-state index contributed by atoms with van der Waals surface area (Å²) in [6, 6.07) is 17.0. The predicted octanol–water partition coefficient (Wildman–Crippen LogP) is 5.07. The highest BCUT2D eigenvalue weighted by atomic mass is 16.5. The monoisotopic (exact) mass is 486 g/mol. The zero-order valence-electron chi connectivity index (χ0n) is 21.6. The van der Waals surface area contributed by atoms with Crippen LogP contribution in [-0.4, -0.2) is 46.1 Å². The summed E-state index contributed by atoms with van der Waals surface area (Å²) in [6.07, 6.45) is 9.75. The Bertz CT molecular complexity index is 1160. The van der Waals surface area contributed by atoms with Crippen molar-refractivity contribution >= 4 is 5.91 Å². The summed E-state index contributed by atoms with van der Waals surface area (Å²) in [5, 5.41) is 3.29. The first-order valence-electron chi connectivity index (χ1n) is 13.4. The topological polar surface area (TPSA) is 59.4 Å². The van der Waals surface area contributed by atoms with Crippen molar-refractivity contribution < 1.29 is 9.53 Å². The molecule has 1 fully saturated rings. The van der Waals surface area contributed by atoms with Crippen molar-refractivity contribution in [2.24, 2.45) is 5.41 Å². The van der Waals surface area contributed by atoms with Crippen LogP contribution >= 0.6 is 0 Å². The van der Waals surface area contributed by atoms with Crippen LogP contribution in [0.1, 0.15) is 56.0 Å². The molecule has 2 aliphatic rings. The molecule has 0 unspecified atom stereocenters. The molecule has 1 spiro atoms. The largest absolute Gasteiger partial charge is 0.491 e. The molecule has 36 heavy (non-hydrogen) atoms. The summed E-state index contributed by atoms with van der Waals surface area (Å²) >= 11 is 0. The number of carbonyl (C=O) groups is 1. The highest BCUT2D eigenvalue weighted by Crippen LogP contribution is 2.38. The molecular formula is C30H38N4O2. The first kappa shape index (κ1) is 24.6. The Morgan fingerprint density at radius 3 is 2.58 bits per heavy atom. The van der Waals surface area contributed by atoms with Gasteiger partial charge in [-0.05, 0) is 88.4 Å². The first-order valence-corrected chi connectivity index (χ1v) is 13.4. The van der Waals surface area contributed by atoms with E-state index < -0.39 is 0 Å². The number of hydrogen-bond donors (Lipinski definition) is 1. The molecule has 1 saturated heterocycles. The number of imidazole rings is 1. The van der Waals surface area contributed by atoms with E-state index in [-0.39, 0.29) is 17.4 Å². The van der Waals surface area contributed by atoms with E-state index in [4.69, 9.17) is 4.74 Å². The SMILES string of the molecule is Cc1nccn1-c1ccc(CN2CCC3(CCCCc4ccccc4OC[C@@H](C)NC3=O)CC2)cc1. The number of nitrogens with zero attached hydrogens (tertiary/aromatic N) is 3. The molecule has 0 aliphatic carbocycles. The fraction of sp³-hybridized carbons (Fsp3) is 0.467. The second-order valence-electron chi connectivity index (χ2n) is 10.6. The summed E-state index contributed by atoms with van der Waals surface area (Å²) < 4.78 is 8.19. The van der Waals surface area contributed by atoms with Crippen LogP contribution in [0, 0.1) is 12.3 Å². The van der Waals surface area contributed by atoms with Gasteiger partial charge in [0.25, 0.3) is 0 Å². The average molecular weight is 487 g/mol. The van der Waals surface area contributed by atoms with Crippen LogP contribution < -0.4 is 10.1 Å². The van der Waals surface area contributed by atoms with Gasteiger partial charge in [-0.1, -0.05) is 36.8 Å². The number of ether oxygens (including phenoxy) is 1. The second kappa shape index (κ2) is 10.9. The van der Waals surface area contributed by atoms with Crippen molar-refractivity contribution in [1.29, 1.82) is 0 Å². The van der Waals surface area contributed by atoms with Crippen LogP contribution in [-0.2, 0) is 17.8 Å². The maximum atomic E-state index is 13.5. The van der Waals surface area contributed by atoms with E-state index in [1.807, 2.05) is 38.4 Å². The number of fused-ring (bicyclic) bond motifs is 1. The molecule has 0 saturated carbocycles. The lowest BCUT2D eigenvalue weighted by molar-refractivity contribution is -0.135. The maximum absolute atomic E-state index is 13.5. The second-order valence-corrected chi connectivity index (χ2v) is 10.6. The number of para-hydroxylation sites is 1. The van der Waals surface area contributed by atoms with Gasteiger partial charge in [0, 0.05) is 24.6 Å². The normalized spacial score (nSPS) is 21.1. The summed E-state index contributed by atoms with van der Waals surface area (Å²) in [7, 11) is 0. The molecule has 2 aliphatic heterocycles. The van der Waals surface area contributed by atoms with E-state index in [0.717, 1.165) is 75.4 Å². The van der Waals surface area contributed by atoms with Crippen LogP contribution in [0.2, 0.25) is 0 Å². The molecule has 6 nitrogen and oxygen atoms in total. The Morgan fingerprint density at radius 2 is 1.83 bits per heavy atom. The molecule has 1 atom stereocenters. The van der Waals surface area contributed by atoms with Crippen LogP contribution in [0.15, 0.2) is 60.9 Å².